The maximum absolute atomic E-state index is 12.7. The third-order valence-electron chi connectivity index (χ3n) is 6.52. The molecule has 3 N–H and O–H groups in total. The van der Waals surface area contributed by atoms with Crippen LogP contribution in [-0.4, -0.2) is 48.2 Å². The number of carboxylic acid groups (broad SMARTS) is 1. The van der Waals surface area contributed by atoms with Gasteiger partial charge in [0.2, 0.25) is 5.91 Å². The Morgan fingerprint density at radius 1 is 1.17 bits per heavy atom. The molecule has 1 aromatic carbocycles. The van der Waals surface area contributed by atoms with Gasteiger partial charge in [0.05, 0.1) is 0 Å². The normalized spacial score (nSPS) is 17.9. The predicted molar refractivity (Wildman–Crippen MR) is 132 cm³/mol. The largest absolute Gasteiger partial charge is 0.480 e. The number of carbonyl (C=O) groups excluding carboxylic acids is 1. The number of tetrazole rings is 1. The highest BCUT2D eigenvalue weighted by Crippen LogP contribution is 2.38. The third-order valence-corrected chi connectivity index (χ3v) is 6.87. The van der Waals surface area contributed by atoms with Crippen molar-refractivity contribution in [2.75, 3.05) is 0 Å². The minimum Gasteiger partial charge on any atom is -0.480 e. The molecule has 5 rings (SSSR count). The number of carboxylic acids is 1. The molecule has 36 heavy (non-hydrogen) atoms. The Bertz CT molecular complexity index is 1410. The van der Waals surface area contributed by atoms with Gasteiger partial charge in [-0.15, -0.1) is 5.10 Å². The molecule has 11 heteroatoms. The third kappa shape index (κ3) is 5.38. The quantitative estimate of drug-likeness (QED) is 0.403. The summed E-state index contributed by atoms with van der Waals surface area (Å²) in [6.45, 7) is -0.307. The highest BCUT2D eigenvalue weighted by atomic mass is 35.5. The number of nitrogens with zero attached hydrogens (tertiary/aromatic N) is 4. The van der Waals surface area contributed by atoms with E-state index in [1.54, 1.807) is 0 Å². The van der Waals surface area contributed by atoms with Gasteiger partial charge in [-0.1, -0.05) is 35.9 Å². The van der Waals surface area contributed by atoms with Gasteiger partial charge in [0.25, 0.3) is 5.56 Å². The Kier molecular flexibility index (Phi) is 6.69. The first-order valence-corrected chi connectivity index (χ1v) is 12.3. The van der Waals surface area contributed by atoms with Gasteiger partial charge >= 0.3 is 5.97 Å². The number of benzene rings is 1. The number of halogens is 1. The van der Waals surface area contributed by atoms with Gasteiger partial charge in [-0.3, -0.25) is 14.4 Å². The summed E-state index contributed by atoms with van der Waals surface area (Å²) < 4.78 is 1.25. The lowest BCUT2D eigenvalue weighted by molar-refractivity contribution is -0.138. The van der Waals surface area contributed by atoms with E-state index in [-0.39, 0.29) is 24.1 Å². The Labute approximate surface area is 211 Å². The van der Waals surface area contributed by atoms with E-state index < -0.39 is 5.97 Å². The fourth-order valence-electron chi connectivity index (χ4n) is 4.48. The molecule has 0 radical (unpaired) electrons. The lowest BCUT2D eigenvalue weighted by Gasteiger charge is -2.14. The van der Waals surface area contributed by atoms with E-state index in [1.165, 1.54) is 4.68 Å². The zero-order valence-corrected chi connectivity index (χ0v) is 20.2. The second-order valence-electron chi connectivity index (χ2n) is 9.18. The van der Waals surface area contributed by atoms with Crippen molar-refractivity contribution in [3.05, 3.63) is 80.0 Å². The van der Waals surface area contributed by atoms with E-state index >= 15 is 0 Å². The molecule has 1 amide bonds. The van der Waals surface area contributed by atoms with Gasteiger partial charge in [-0.05, 0) is 65.3 Å². The number of amides is 1. The summed E-state index contributed by atoms with van der Waals surface area (Å²) in [6.07, 6.45) is 6.14. The summed E-state index contributed by atoms with van der Waals surface area (Å²) in [5.41, 5.74) is 3.86. The van der Waals surface area contributed by atoms with E-state index in [2.05, 4.69) is 25.8 Å². The van der Waals surface area contributed by atoms with Crippen LogP contribution in [0, 0.1) is 0 Å². The number of aliphatic carboxylic acids is 1. The molecule has 186 valence electrons. The van der Waals surface area contributed by atoms with Crippen LogP contribution < -0.4 is 10.9 Å². The van der Waals surface area contributed by atoms with Crippen molar-refractivity contribution in [2.45, 2.75) is 57.0 Å². The molecule has 1 saturated heterocycles. The molecule has 0 spiro atoms. The van der Waals surface area contributed by atoms with Crippen LogP contribution in [0.2, 0.25) is 5.02 Å². The monoisotopic (exact) mass is 508 g/mol. The zero-order chi connectivity index (χ0) is 25.2. The molecule has 2 aliphatic rings. The number of hydrogen-bond donors (Lipinski definition) is 3. The maximum atomic E-state index is 12.7. The molecular weight excluding hydrogens is 484 g/mol. The van der Waals surface area contributed by atoms with Crippen molar-refractivity contribution in [1.82, 2.24) is 30.5 Å². The molecule has 2 fully saturated rings. The first-order valence-electron chi connectivity index (χ1n) is 11.9. The average molecular weight is 509 g/mol. The van der Waals surface area contributed by atoms with Crippen molar-refractivity contribution >= 4 is 29.1 Å². The zero-order valence-electron chi connectivity index (χ0n) is 19.4. The Balaban J connectivity index is 1.41. The molecular formula is C25H25ClN6O4. The Morgan fingerprint density at radius 3 is 2.67 bits per heavy atom. The minimum absolute atomic E-state index is 0.00629. The van der Waals surface area contributed by atoms with Crippen LogP contribution >= 0.6 is 11.6 Å². The van der Waals surface area contributed by atoms with Crippen molar-refractivity contribution in [2.24, 2.45) is 0 Å². The van der Waals surface area contributed by atoms with Gasteiger partial charge < -0.3 is 15.4 Å². The van der Waals surface area contributed by atoms with Crippen LogP contribution in [0.3, 0.4) is 0 Å². The number of aromatic nitrogens is 5. The number of carbonyl (C=O) groups is 2. The Morgan fingerprint density at radius 2 is 2.00 bits per heavy atom. The van der Waals surface area contributed by atoms with Gasteiger partial charge in [-0.2, -0.15) is 0 Å². The molecule has 1 atom stereocenters. The van der Waals surface area contributed by atoms with E-state index in [4.69, 9.17) is 16.7 Å². The van der Waals surface area contributed by atoms with E-state index in [0.717, 1.165) is 35.1 Å². The number of aryl methyl sites for hydroxylation is 2. The lowest BCUT2D eigenvalue weighted by Crippen LogP contribution is -2.23. The van der Waals surface area contributed by atoms with Gasteiger partial charge in [0, 0.05) is 40.7 Å². The number of H-pyrrole nitrogens is 1. The van der Waals surface area contributed by atoms with Crippen LogP contribution in [0.4, 0.5) is 0 Å². The van der Waals surface area contributed by atoms with Crippen LogP contribution in [0.5, 0.6) is 0 Å². The number of rotatable bonds is 9. The molecule has 1 aliphatic heterocycles. The molecule has 1 aliphatic carbocycles. The molecule has 1 saturated carbocycles. The van der Waals surface area contributed by atoms with E-state index in [9.17, 15) is 14.4 Å². The van der Waals surface area contributed by atoms with Crippen LogP contribution in [0.1, 0.15) is 59.8 Å². The summed E-state index contributed by atoms with van der Waals surface area (Å²) in [7, 11) is 0. The SMILES string of the molecule is O=C(O)Cn1nnnc1CCc1ccc(/C(=C\[C@H]2CCC(=O)N2)c2ccc(C3CC3)c(=O)[nH]2)cc1Cl. The second-order valence-corrected chi connectivity index (χ2v) is 9.58. The molecule has 0 unspecified atom stereocenters. The smallest absolute Gasteiger partial charge is 0.325 e. The van der Waals surface area contributed by atoms with Crippen LogP contribution in [0.25, 0.3) is 5.57 Å². The Hall–Kier alpha value is -3.79. The highest BCUT2D eigenvalue weighted by molar-refractivity contribution is 6.31. The molecule has 3 heterocycles. The van der Waals surface area contributed by atoms with Crippen molar-refractivity contribution in [3.8, 4) is 0 Å². The van der Waals surface area contributed by atoms with Gasteiger partial charge in [-0.25, -0.2) is 4.68 Å². The number of aromatic amines is 1. The molecule has 0 bridgehead atoms. The highest BCUT2D eigenvalue weighted by Gasteiger charge is 2.27. The fraction of sp³-hybridized carbons (Fsp3) is 0.360. The van der Waals surface area contributed by atoms with E-state index in [1.807, 2.05) is 36.4 Å². The fourth-order valence-corrected chi connectivity index (χ4v) is 4.76. The van der Waals surface area contributed by atoms with Crippen molar-refractivity contribution in [3.63, 3.8) is 0 Å². The molecule has 3 aromatic rings. The first-order chi connectivity index (χ1) is 17.4. The summed E-state index contributed by atoms with van der Waals surface area (Å²) in [5, 5.41) is 23.7. The minimum atomic E-state index is -1.02. The van der Waals surface area contributed by atoms with Crippen LogP contribution in [0.15, 0.2) is 41.2 Å². The topological polar surface area (TPSA) is 143 Å². The summed E-state index contributed by atoms with van der Waals surface area (Å²) in [5.74, 6) is -0.211. The molecule has 2 aromatic heterocycles. The summed E-state index contributed by atoms with van der Waals surface area (Å²) in [4.78, 5) is 38.5. The number of hydrogen-bond acceptors (Lipinski definition) is 6. The van der Waals surface area contributed by atoms with Crippen LogP contribution in [-0.2, 0) is 29.0 Å². The van der Waals surface area contributed by atoms with Crippen molar-refractivity contribution in [1.29, 1.82) is 0 Å². The lowest BCUT2D eigenvalue weighted by atomic mass is 9.96. The van der Waals surface area contributed by atoms with E-state index in [0.29, 0.717) is 48.1 Å². The number of pyridine rings is 1. The summed E-state index contributed by atoms with van der Waals surface area (Å²) >= 11 is 6.65. The maximum Gasteiger partial charge on any atom is 0.325 e. The second kappa shape index (κ2) is 10.1. The van der Waals surface area contributed by atoms with Crippen molar-refractivity contribution < 1.29 is 14.7 Å². The summed E-state index contributed by atoms with van der Waals surface area (Å²) in [6, 6.07) is 9.35. The molecule has 10 nitrogen and oxygen atoms in total. The van der Waals surface area contributed by atoms with Gasteiger partial charge in [0.15, 0.2) is 5.82 Å². The standard InChI is InChI=1S/C25H25ClN6O4/c26-20-11-16(4-3-15(20)5-9-22-29-30-31-32(22)13-24(34)35)19(12-17-6-10-23(33)27-17)21-8-7-18(14-1-2-14)25(36)28-21/h3-4,7-8,11-12,14,17H,1-2,5-6,9-10,13H2,(H,27,33)(H,28,36)(H,34,35)/b19-12+/t17-/m1/s1. The number of nitrogens with one attached hydrogen (secondary N) is 2. The first kappa shape index (κ1) is 23.9. The average Bonchev–Trinajstić information content (AvgIpc) is 3.45. The predicted octanol–water partition coefficient (Wildman–Crippen LogP) is 2.47. The van der Waals surface area contributed by atoms with Gasteiger partial charge in [0.1, 0.15) is 6.54 Å².